The van der Waals surface area contributed by atoms with Crippen LogP contribution in [0, 0.1) is 5.92 Å². The van der Waals surface area contributed by atoms with Crippen molar-refractivity contribution in [2.24, 2.45) is 11.7 Å². The molecule has 0 aromatic rings. The van der Waals surface area contributed by atoms with Crippen LogP contribution in [-0.4, -0.2) is 24.7 Å². The molecule has 0 amide bonds. The van der Waals surface area contributed by atoms with Crippen molar-refractivity contribution >= 4 is 14.0 Å². The molecule has 22 heavy (non-hydrogen) atoms. The van der Waals surface area contributed by atoms with Gasteiger partial charge in [-0.05, 0) is 30.7 Å². The highest BCUT2D eigenvalue weighted by molar-refractivity contribution is 6.84. The van der Waals surface area contributed by atoms with E-state index in [1.165, 1.54) is 6.42 Å². The SMILES string of the molecule is CC(C)(C)[Si](C)(C)C=C=C(C1CCCCC1)[C@](C)(N)C(=O)O. The Morgan fingerprint density at radius 1 is 1.18 bits per heavy atom. The van der Waals surface area contributed by atoms with Crippen LogP contribution in [-0.2, 0) is 4.79 Å². The molecule has 3 N–H and O–H groups in total. The Labute approximate surface area is 136 Å². The summed E-state index contributed by atoms with van der Waals surface area (Å²) >= 11 is 0. The molecule has 1 rings (SSSR count). The van der Waals surface area contributed by atoms with Crippen molar-refractivity contribution in [1.29, 1.82) is 0 Å². The summed E-state index contributed by atoms with van der Waals surface area (Å²) in [5.74, 6) is -0.690. The number of rotatable bonds is 4. The summed E-state index contributed by atoms with van der Waals surface area (Å²) in [5, 5.41) is 9.76. The quantitative estimate of drug-likeness (QED) is 0.591. The molecule has 1 atom stereocenters. The Bertz CT molecular complexity index is 474. The minimum absolute atomic E-state index is 0.214. The van der Waals surface area contributed by atoms with Gasteiger partial charge < -0.3 is 10.8 Å². The van der Waals surface area contributed by atoms with Gasteiger partial charge in [-0.15, -0.1) is 5.73 Å². The number of nitrogens with two attached hydrogens (primary N) is 1. The second-order valence-corrected chi connectivity index (χ2v) is 13.7. The van der Waals surface area contributed by atoms with Crippen molar-refractivity contribution in [3.63, 3.8) is 0 Å². The summed E-state index contributed by atoms with van der Waals surface area (Å²) in [5.41, 5.74) is 11.2. The fourth-order valence-corrected chi connectivity index (χ4v) is 3.62. The third-order valence-corrected chi connectivity index (χ3v) is 10.3. The summed E-state index contributed by atoms with van der Waals surface area (Å²) in [6.07, 6.45) is 5.63. The first-order valence-corrected chi connectivity index (χ1v) is 11.5. The molecule has 0 spiro atoms. The van der Waals surface area contributed by atoms with Crippen LogP contribution in [0.15, 0.2) is 17.0 Å². The van der Waals surface area contributed by atoms with E-state index in [9.17, 15) is 9.90 Å². The van der Waals surface area contributed by atoms with E-state index in [0.717, 1.165) is 31.3 Å². The topological polar surface area (TPSA) is 63.3 Å². The molecule has 1 aliphatic rings. The maximum atomic E-state index is 11.6. The molecular formula is C18H33NO2Si. The van der Waals surface area contributed by atoms with Crippen LogP contribution >= 0.6 is 0 Å². The molecule has 1 fully saturated rings. The molecule has 0 unspecified atom stereocenters. The fraction of sp³-hybridized carbons (Fsp3) is 0.778. The van der Waals surface area contributed by atoms with Gasteiger partial charge in [0.1, 0.15) is 5.54 Å². The molecule has 0 radical (unpaired) electrons. The number of hydrogen-bond donors (Lipinski definition) is 2. The minimum Gasteiger partial charge on any atom is -0.480 e. The van der Waals surface area contributed by atoms with Crippen LogP contribution in [0.2, 0.25) is 18.1 Å². The van der Waals surface area contributed by atoms with Crippen molar-refractivity contribution in [2.75, 3.05) is 0 Å². The standard InChI is InChI=1S/C18H33NO2Si/c1-17(2,3)22(5,6)13-12-15(18(4,19)16(20)21)14-10-8-7-9-11-14/h13-14H,7-11,19H2,1-6H3,(H,20,21)/t12?,18-/m0/s1. The molecule has 0 aromatic carbocycles. The van der Waals surface area contributed by atoms with Crippen molar-refractivity contribution in [3.05, 3.63) is 17.0 Å². The Kier molecular flexibility index (Phi) is 5.88. The van der Waals surface area contributed by atoms with Crippen molar-refractivity contribution in [2.45, 2.75) is 83.5 Å². The maximum absolute atomic E-state index is 11.6. The molecule has 0 saturated heterocycles. The summed E-state index contributed by atoms with van der Waals surface area (Å²) in [7, 11) is -1.65. The molecule has 0 aliphatic heterocycles. The normalized spacial score (nSPS) is 20.0. The van der Waals surface area contributed by atoms with E-state index in [4.69, 9.17) is 5.73 Å². The lowest BCUT2D eigenvalue weighted by Crippen LogP contribution is -2.48. The average molecular weight is 324 g/mol. The predicted molar refractivity (Wildman–Crippen MR) is 95.6 cm³/mol. The predicted octanol–water partition coefficient (Wildman–Crippen LogP) is 4.50. The zero-order valence-corrected chi connectivity index (χ0v) is 16.1. The molecule has 4 heteroatoms. The minimum atomic E-state index is -1.65. The van der Waals surface area contributed by atoms with E-state index >= 15 is 0 Å². The highest BCUT2D eigenvalue weighted by Crippen LogP contribution is 2.38. The van der Waals surface area contributed by atoms with E-state index < -0.39 is 19.6 Å². The lowest BCUT2D eigenvalue weighted by molar-refractivity contribution is -0.141. The van der Waals surface area contributed by atoms with E-state index in [0.29, 0.717) is 0 Å². The molecule has 1 aliphatic carbocycles. The van der Waals surface area contributed by atoms with Gasteiger partial charge in [0.05, 0.1) is 8.07 Å². The van der Waals surface area contributed by atoms with Crippen molar-refractivity contribution in [1.82, 2.24) is 0 Å². The summed E-state index contributed by atoms with van der Waals surface area (Å²) < 4.78 is 0. The van der Waals surface area contributed by atoms with Crippen LogP contribution in [0.4, 0.5) is 0 Å². The Balaban J connectivity index is 3.31. The van der Waals surface area contributed by atoms with E-state index in [-0.39, 0.29) is 11.0 Å². The molecule has 0 heterocycles. The molecule has 0 bridgehead atoms. The number of carboxylic acids is 1. The van der Waals surface area contributed by atoms with Crippen LogP contribution < -0.4 is 5.73 Å². The van der Waals surface area contributed by atoms with Gasteiger partial charge in [0.15, 0.2) is 0 Å². The van der Waals surface area contributed by atoms with Gasteiger partial charge in [-0.25, -0.2) is 4.79 Å². The summed E-state index contributed by atoms with van der Waals surface area (Å²) in [6.45, 7) is 13.0. The van der Waals surface area contributed by atoms with Gasteiger partial charge in [-0.1, -0.05) is 58.8 Å². The Morgan fingerprint density at radius 3 is 2.09 bits per heavy atom. The third kappa shape index (κ3) is 4.34. The largest absolute Gasteiger partial charge is 0.480 e. The number of carboxylic acid groups (broad SMARTS) is 1. The van der Waals surface area contributed by atoms with Gasteiger partial charge in [0.25, 0.3) is 0 Å². The van der Waals surface area contributed by atoms with Crippen molar-refractivity contribution < 1.29 is 9.90 Å². The lowest BCUT2D eigenvalue weighted by Gasteiger charge is -2.34. The number of aliphatic carboxylic acids is 1. The first-order valence-electron chi connectivity index (χ1n) is 8.40. The van der Waals surface area contributed by atoms with Gasteiger partial charge in [0, 0.05) is 5.57 Å². The zero-order chi connectivity index (χ0) is 17.2. The highest BCUT2D eigenvalue weighted by Gasteiger charge is 2.38. The van der Waals surface area contributed by atoms with Crippen LogP contribution in [0.1, 0.15) is 59.8 Å². The molecule has 0 aromatic heterocycles. The van der Waals surface area contributed by atoms with Gasteiger partial charge >= 0.3 is 5.97 Å². The first kappa shape index (κ1) is 19.2. The third-order valence-electron chi connectivity index (χ3n) is 5.54. The number of hydrogen-bond acceptors (Lipinski definition) is 2. The van der Waals surface area contributed by atoms with Crippen LogP contribution in [0.25, 0.3) is 0 Å². The molecule has 1 saturated carbocycles. The second kappa shape index (κ2) is 6.73. The van der Waals surface area contributed by atoms with Crippen LogP contribution in [0.5, 0.6) is 0 Å². The summed E-state index contributed by atoms with van der Waals surface area (Å²) in [4.78, 5) is 11.6. The first-order chi connectivity index (χ1) is 9.89. The Morgan fingerprint density at radius 2 is 1.68 bits per heavy atom. The smallest absolute Gasteiger partial charge is 0.328 e. The molecule has 3 nitrogen and oxygen atoms in total. The van der Waals surface area contributed by atoms with E-state index in [1.807, 2.05) is 0 Å². The molecular weight excluding hydrogens is 290 g/mol. The zero-order valence-electron chi connectivity index (χ0n) is 15.1. The summed E-state index contributed by atoms with van der Waals surface area (Å²) in [6, 6.07) is 0. The highest BCUT2D eigenvalue weighted by atomic mass is 28.3. The maximum Gasteiger partial charge on any atom is 0.328 e. The van der Waals surface area contributed by atoms with E-state index in [2.05, 4.69) is 45.3 Å². The Hall–Kier alpha value is -0.833. The lowest BCUT2D eigenvalue weighted by atomic mass is 9.76. The molecule has 126 valence electrons. The van der Waals surface area contributed by atoms with Gasteiger partial charge in [0.2, 0.25) is 0 Å². The second-order valence-electron chi connectivity index (χ2n) is 8.52. The van der Waals surface area contributed by atoms with Gasteiger partial charge in [-0.2, -0.15) is 0 Å². The monoisotopic (exact) mass is 323 g/mol. The van der Waals surface area contributed by atoms with Crippen molar-refractivity contribution in [3.8, 4) is 0 Å². The average Bonchev–Trinajstić information content (AvgIpc) is 2.38. The van der Waals surface area contributed by atoms with Crippen LogP contribution in [0.3, 0.4) is 0 Å². The van der Waals surface area contributed by atoms with Gasteiger partial charge in [-0.3, -0.25) is 0 Å². The van der Waals surface area contributed by atoms with E-state index in [1.54, 1.807) is 6.92 Å². The fourth-order valence-electron chi connectivity index (χ4n) is 2.67. The number of carbonyl (C=O) groups is 1.